The fraction of sp³-hybridized carbons (Fsp3) is 0.368. The van der Waals surface area contributed by atoms with Crippen molar-refractivity contribution >= 4 is 22.8 Å². The number of nitrogens with one attached hydrogen (secondary N) is 2. The summed E-state index contributed by atoms with van der Waals surface area (Å²) < 4.78 is 2.80. The van der Waals surface area contributed by atoms with E-state index in [0.717, 1.165) is 24.1 Å². The Balaban J connectivity index is 2.11. The summed E-state index contributed by atoms with van der Waals surface area (Å²) in [5, 5.41) is 14.4. The van der Waals surface area contributed by atoms with E-state index in [-0.39, 0.29) is 23.7 Å². The van der Waals surface area contributed by atoms with Crippen LogP contribution in [0.15, 0.2) is 45.0 Å². The van der Waals surface area contributed by atoms with E-state index in [1.807, 2.05) is 30.3 Å². The number of H-pyrrole nitrogens is 1. The SMILES string of the molecule is CCCC(=NNc1nc2c(c(=O)[nH]c(=O)n2C)n1CC(C)O)c1ccccc1. The number of benzene rings is 1. The number of aromatic amines is 1. The Bertz CT molecular complexity index is 1110. The summed E-state index contributed by atoms with van der Waals surface area (Å²) >= 11 is 0. The molecule has 9 heteroatoms. The van der Waals surface area contributed by atoms with Crippen molar-refractivity contribution < 1.29 is 5.11 Å². The van der Waals surface area contributed by atoms with Crippen LogP contribution >= 0.6 is 0 Å². The number of nitrogens with zero attached hydrogens (tertiary/aromatic N) is 4. The predicted molar refractivity (Wildman–Crippen MR) is 109 cm³/mol. The van der Waals surface area contributed by atoms with Crippen LogP contribution in [0.5, 0.6) is 0 Å². The molecule has 28 heavy (non-hydrogen) atoms. The normalized spacial score (nSPS) is 13.1. The summed E-state index contributed by atoms with van der Waals surface area (Å²) in [5.41, 5.74) is 4.09. The average Bonchev–Trinajstić information content (AvgIpc) is 3.02. The lowest BCUT2D eigenvalue weighted by Gasteiger charge is -2.11. The second-order valence-corrected chi connectivity index (χ2v) is 6.67. The molecule has 0 saturated carbocycles. The summed E-state index contributed by atoms with van der Waals surface area (Å²) in [5.74, 6) is 0.284. The maximum atomic E-state index is 12.4. The van der Waals surface area contributed by atoms with E-state index >= 15 is 0 Å². The first-order valence-corrected chi connectivity index (χ1v) is 9.18. The third-order valence-corrected chi connectivity index (χ3v) is 4.34. The summed E-state index contributed by atoms with van der Waals surface area (Å²) in [4.78, 5) is 30.9. The monoisotopic (exact) mass is 384 g/mol. The smallest absolute Gasteiger partial charge is 0.329 e. The summed E-state index contributed by atoms with van der Waals surface area (Å²) in [6.07, 6.45) is 0.947. The fourth-order valence-electron chi connectivity index (χ4n) is 3.01. The second-order valence-electron chi connectivity index (χ2n) is 6.67. The maximum absolute atomic E-state index is 12.4. The highest BCUT2D eigenvalue weighted by Crippen LogP contribution is 2.17. The van der Waals surface area contributed by atoms with Gasteiger partial charge in [-0.15, -0.1) is 0 Å². The summed E-state index contributed by atoms with van der Waals surface area (Å²) in [7, 11) is 1.53. The molecule has 3 N–H and O–H groups in total. The molecule has 2 aromatic heterocycles. The van der Waals surface area contributed by atoms with Crippen LogP contribution in [0.1, 0.15) is 32.3 Å². The minimum atomic E-state index is -0.720. The molecule has 0 aliphatic carbocycles. The molecular formula is C19H24N6O3. The molecule has 3 rings (SSSR count). The quantitative estimate of drug-likeness (QED) is 0.421. The molecule has 0 radical (unpaired) electrons. The molecule has 0 saturated heterocycles. The van der Waals surface area contributed by atoms with Gasteiger partial charge in [0, 0.05) is 7.05 Å². The van der Waals surface area contributed by atoms with E-state index < -0.39 is 17.4 Å². The van der Waals surface area contributed by atoms with Crippen molar-refractivity contribution in [2.75, 3.05) is 5.43 Å². The van der Waals surface area contributed by atoms with Crippen molar-refractivity contribution in [2.24, 2.45) is 12.1 Å². The molecule has 0 aliphatic rings. The van der Waals surface area contributed by atoms with Gasteiger partial charge in [-0.1, -0.05) is 43.7 Å². The zero-order valence-electron chi connectivity index (χ0n) is 16.1. The van der Waals surface area contributed by atoms with Crippen molar-refractivity contribution in [1.29, 1.82) is 0 Å². The van der Waals surface area contributed by atoms with Crippen LogP contribution in [0, 0.1) is 0 Å². The molecule has 0 spiro atoms. The third-order valence-electron chi connectivity index (χ3n) is 4.34. The number of imidazole rings is 1. The van der Waals surface area contributed by atoms with Gasteiger partial charge in [-0.25, -0.2) is 10.2 Å². The molecule has 1 unspecified atom stereocenters. The number of hydrogen-bond acceptors (Lipinski definition) is 6. The number of aliphatic hydroxyl groups excluding tert-OH is 1. The maximum Gasteiger partial charge on any atom is 0.329 e. The van der Waals surface area contributed by atoms with Gasteiger partial charge in [-0.3, -0.25) is 14.3 Å². The van der Waals surface area contributed by atoms with Crippen LogP contribution in [-0.2, 0) is 13.6 Å². The molecule has 0 amide bonds. The predicted octanol–water partition coefficient (Wildman–Crippen LogP) is 1.42. The van der Waals surface area contributed by atoms with Gasteiger partial charge >= 0.3 is 5.69 Å². The van der Waals surface area contributed by atoms with Gasteiger partial charge in [0.1, 0.15) is 0 Å². The number of aromatic nitrogens is 4. The second kappa shape index (κ2) is 8.22. The Morgan fingerprint density at radius 3 is 2.68 bits per heavy atom. The van der Waals surface area contributed by atoms with Crippen molar-refractivity contribution in [2.45, 2.75) is 39.3 Å². The van der Waals surface area contributed by atoms with Crippen molar-refractivity contribution in [3.63, 3.8) is 0 Å². The van der Waals surface area contributed by atoms with Gasteiger partial charge in [0.05, 0.1) is 18.4 Å². The molecule has 148 valence electrons. The fourth-order valence-corrected chi connectivity index (χ4v) is 3.01. The van der Waals surface area contributed by atoms with E-state index in [2.05, 4.69) is 27.4 Å². The number of aryl methyl sites for hydroxylation is 1. The summed E-state index contributed by atoms with van der Waals surface area (Å²) in [6.45, 7) is 3.81. The van der Waals surface area contributed by atoms with Gasteiger partial charge in [0.2, 0.25) is 5.95 Å². The highest BCUT2D eigenvalue weighted by atomic mass is 16.3. The lowest BCUT2D eigenvalue weighted by atomic mass is 10.1. The first kappa shape index (κ1) is 19.6. The molecular weight excluding hydrogens is 360 g/mol. The highest BCUT2D eigenvalue weighted by Gasteiger charge is 2.18. The molecule has 1 atom stereocenters. The lowest BCUT2D eigenvalue weighted by Crippen LogP contribution is -2.29. The Morgan fingerprint density at radius 1 is 1.32 bits per heavy atom. The first-order valence-electron chi connectivity index (χ1n) is 9.18. The molecule has 1 aromatic carbocycles. The molecule has 2 heterocycles. The van der Waals surface area contributed by atoms with Crippen LogP contribution in [-0.4, -0.2) is 36.0 Å². The zero-order valence-corrected chi connectivity index (χ0v) is 16.1. The first-order chi connectivity index (χ1) is 13.4. The molecule has 0 bridgehead atoms. The van der Waals surface area contributed by atoms with Gasteiger partial charge in [-0.05, 0) is 18.9 Å². The van der Waals surface area contributed by atoms with Gasteiger partial charge in [-0.2, -0.15) is 10.1 Å². The van der Waals surface area contributed by atoms with Crippen LogP contribution in [0.2, 0.25) is 0 Å². The Morgan fingerprint density at radius 2 is 2.04 bits per heavy atom. The molecule has 0 aliphatic heterocycles. The number of fused-ring (bicyclic) bond motifs is 1. The molecule has 9 nitrogen and oxygen atoms in total. The van der Waals surface area contributed by atoms with Gasteiger partial charge in [0.15, 0.2) is 11.2 Å². The van der Waals surface area contributed by atoms with Crippen LogP contribution < -0.4 is 16.7 Å². The topological polar surface area (TPSA) is 117 Å². The van der Waals surface area contributed by atoms with Crippen molar-refractivity contribution in [1.82, 2.24) is 19.1 Å². The minimum absolute atomic E-state index is 0.129. The van der Waals surface area contributed by atoms with E-state index in [4.69, 9.17) is 0 Å². The van der Waals surface area contributed by atoms with Gasteiger partial charge < -0.3 is 9.67 Å². The zero-order chi connectivity index (χ0) is 20.3. The van der Waals surface area contributed by atoms with Crippen LogP contribution in [0.3, 0.4) is 0 Å². The number of hydrogen-bond donors (Lipinski definition) is 3. The van der Waals surface area contributed by atoms with Crippen molar-refractivity contribution in [3.8, 4) is 0 Å². The van der Waals surface area contributed by atoms with Crippen LogP contribution in [0.25, 0.3) is 11.2 Å². The lowest BCUT2D eigenvalue weighted by molar-refractivity contribution is 0.175. The van der Waals surface area contributed by atoms with Crippen LogP contribution in [0.4, 0.5) is 5.95 Å². The standard InChI is InChI=1S/C19H24N6O3/c1-4-8-14(13-9-6-5-7-10-13)22-23-18-20-16-15(25(18)11-12(2)26)17(27)21-19(28)24(16)3/h5-7,9-10,12,26H,4,8,11H2,1-3H3,(H,20,23)(H,21,27,28). The van der Waals surface area contributed by atoms with Crippen molar-refractivity contribution in [3.05, 3.63) is 56.7 Å². The largest absolute Gasteiger partial charge is 0.392 e. The Labute approximate surface area is 161 Å². The third kappa shape index (κ3) is 3.89. The van der Waals surface area contributed by atoms with E-state index in [1.54, 1.807) is 6.92 Å². The van der Waals surface area contributed by atoms with E-state index in [9.17, 15) is 14.7 Å². The number of aliphatic hydroxyl groups is 1. The highest BCUT2D eigenvalue weighted by molar-refractivity contribution is 6.00. The molecule has 0 fully saturated rings. The number of rotatable bonds is 7. The number of anilines is 1. The van der Waals surface area contributed by atoms with E-state index in [0.29, 0.717) is 0 Å². The Kier molecular flexibility index (Phi) is 5.74. The minimum Gasteiger partial charge on any atom is -0.392 e. The average molecular weight is 384 g/mol. The number of hydrazone groups is 1. The van der Waals surface area contributed by atoms with Gasteiger partial charge in [0.25, 0.3) is 5.56 Å². The Hall–Kier alpha value is -3.20. The molecule has 3 aromatic rings. The summed E-state index contributed by atoms with van der Waals surface area (Å²) in [6, 6.07) is 9.78. The van der Waals surface area contributed by atoms with E-state index in [1.165, 1.54) is 16.2 Å².